The van der Waals surface area contributed by atoms with Gasteiger partial charge in [0, 0.05) is 24.6 Å². The summed E-state index contributed by atoms with van der Waals surface area (Å²) in [6, 6.07) is 10.2. The minimum absolute atomic E-state index is 0.159. The Morgan fingerprint density at radius 2 is 2.05 bits per heavy atom. The molecule has 0 saturated heterocycles. The van der Waals surface area contributed by atoms with Gasteiger partial charge in [0.1, 0.15) is 5.78 Å². The second-order valence-electron chi connectivity index (χ2n) is 5.75. The Morgan fingerprint density at radius 1 is 1.37 bits per heavy atom. The normalized spacial score (nSPS) is 27.1. The van der Waals surface area contributed by atoms with Crippen LogP contribution in [-0.4, -0.2) is 12.3 Å². The van der Waals surface area contributed by atoms with E-state index in [0.717, 1.165) is 24.2 Å². The lowest BCUT2D eigenvalue weighted by atomic mass is 9.72. The van der Waals surface area contributed by atoms with Crippen LogP contribution in [0.1, 0.15) is 26.7 Å². The van der Waals surface area contributed by atoms with Gasteiger partial charge in [-0.2, -0.15) is 0 Å². The number of rotatable bonds is 4. The Bertz CT molecular complexity index is 452. The number of allylic oxidation sites excluding steroid dienone is 1. The van der Waals surface area contributed by atoms with Crippen molar-refractivity contribution in [2.24, 2.45) is 17.8 Å². The molecule has 19 heavy (non-hydrogen) atoms. The maximum absolute atomic E-state index is 12.1. The average molecular weight is 257 g/mol. The van der Waals surface area contributed by atoms with Crippen LogP contribution < -0.4 is 5.32 Å². The highest BCUT2D eigenvalue weighted by atomic mass is 16.1. The zero-order valence-electron chi connectivity index (χ0n) is 11.9. The maximum Gasteiger partial charge on any atom is 0.136 e. The zero-order valence-corrected chi connectivity index (χ0v) is 11.9. The summed E-state index contributed by atoms with van der Waals surface area (Å²) in [5.74, 6) is 1.32. The fourth-order valence-corrected chi connectivity index (χ4v) is 2.79. The van der Waals surface area contributed by atoms with Gasteiger partial charge in [0.05, 0.1) is 0 Å². The summed E-state index contributed by atoms with van der Waals surface area (Å²) < 4.78 is 0. The molecule has 0 radical (unpaired) electrons. The smallest absolute Gasteiger partial charge is 0.136 e. The van der Waals surface area contributed by atoms with E-state index < -0.39 is 0 Å². The van der Waals surface area contributed by atoms with E-state index in [2.05, 4.69) is 31.0 Å². The molecule has 1 aliphatic carbocycles. The molecular formula is C17H23NO. The second kappa shape index (κ2) is 6.05. The van der Waals surface area contributed by atoms with Crippen LogP contribution >= 0.6 is 0 Å². The summed E-state index contributed by atoms with van der Waals surface area (Å²) in [4.78, 5) is 12.1. The summed E-state index contributed by atoms with van der Waals surface area (Å²) >= 11 is 0. The van der Waals surface area contributed by atoms with E-state index in [0.29, 0.717) is 24.0 Å². The SMILES string of the molecule is C=C(C)[C@H]1CC(=O)C(C)[C@H](CNc2ccccc2)C1. The van der Waals surface area contributed by atoms with Gasteiger partial charge in [-0.05, 0) is 37.3 Å². The fraction of sp³-hybridized carbons (Fsp3) is 0.471. The van der Waals surface area contributed by atoms with Crippen LogP contribution in [0.2, 0.25) is 0 Å². The van der Waals surface area contributed by atoms with E-state index in [1.54, 1.807) is 0 Å². The number of hydrogen-bond donors (Lipinski definition) is 1. The van der Waals surface area contributed by atoms with Crippen molar-refractivity contribution in [1.29, 1.82) is 0 Å². The van der Waals surface area contributed by atoms with E-state index in [4.69, 9.17) is 0 Å². The van der Waals surface area contributed by atoms with Crippen molar-refractivity contribution >= 4 is 11.5 Å². The third-order valence-electron chi connectivity index (χ3n) is 4.29. The van der Waals surface area contributed by atoms with Gasteiger partial charge in [0.15, 0.2) is 0 Å². The third kappa shape index (κ3) is 3.46. The highest BCUT2D eigenvalue weighted by Gasteiger charge is 2.33. The second-order valence-corrected chi connectivity index (χ2v) is 5.75. The standard InChI is InChI=1S/C17H23NO/c1-12(2)14-9-15(13(3)17(19)10-14)11-18-16-7-5-4-6-8-16/h4-8,13-15,18H,1,9-11H2,2-3H3/t13?,14-,15+/m1/s1. The molecule has 2 rings (SSSR count). The quantitative estimate of drug-likeness (QED) is 0.829. The molecule has 1 aromatic rings. The minimum atomic E-state index is 0.159. The first-order chi connectivity index (χ1) is 9.08. The Morgan fingerprint density at radius 3 is 2.68 bits per heavy atom. The van der Waals surface area contributed by atoms with Gasteiger partial charge in [0.2, 0.25) is 0 Å². The molecule has 102 valence electrons. The third-order valence-corrected chi connectivity index (χ3v) is 4.29. The molecule has 0 amide bonds. The van der Waals surface area contributed by atoms with Gasteiger partial charge < -0.3 is 5.32 Å². The molecule has 1 aliphatic rings. The molecule has 0 aliphatic heterocycles. The van der Waals surface area contributed by atoms with E-state index in [1.807, 2.05) is 25.1 Å². The van der Waals surface area contributed by atoms with Crippen molar-refractivity contribution in [3.05, 3.63) is 42.5 Å². The Hall–Kier alpha value is -1.57. The number of benzene rings is 1. The van der Waals surface area contributed by atoms with Crippen LogP contribution in [0.4, 0.5) is 5.69 Å². The van der Waals surface area contributed by atoms with Crippen LogP contribution in [-0.2, 0) is 4.79 Å². The molecule has 0 aromatic heterocycles. The van der Waals surface area contributed by atoms with Gasteiger partial charge in [-0.25, -0.2) is 0 Å². The lowest BCUT2D eigenvalue weighted by Crippen LogP contribution is -2.35. The molecule has 1 fully saturated rings. The lowest BCUT2D eigenvalue weighted by Gasteiger charge is -2.34. The largest absolute Gasteiger partial charge is 0.385 e. The number of anilines is 1. The highest BCUT2D eigenvalue weighted by molar-refractivity contribution is 5.82. The van der Waals surface area contributed by atoms with E-state index in [1.165, 1.54) is 0 Å². The van der Waals surface area contributed by atoms with Crippen LogP contribution in [0.3, 0.4) is 0 Å². The van der Waals surface area contributed by atoms with Crippen molar-refractivity contribution in [1.82, 2.24) is 0 Å². The van der Waals surface area contributed by atoms with Gasteiger partial charge in [-0.15, -0.1) is 0 Å². The number of carbonyl (C=O) groups is 1. The highest BCUT2D eigenvalue weighted by Crippen LogP contribution is 2.34. The Labute approximate surface area is 115 Å². The minimum Gasteiger partial charge on any atom is -0.385 e. The number of hydrogen-bond acceptors (Lipinski definition) is 2. The number of carbonyl (C=O) groups excluding carboxylic acids is 1. The average Bonchev–Trinajstić information content (AvgIpc) is 2.41. The summed E-state index contributed by atoms with van der Waals surface area (Å²) in [5.41, 5.74) is 2.27. The number of para-hydroxylation sites is 1. The lowest BCUT2D eigenvalue weighted by molar-refractivity contribution is -0.126. The van der Waals surface area contributed by atoms with Gasteiger partial charge in [0.25, 0.3) is 0 Å². The topological polar surface area (TPSA) is 29.1 Å². The predicted octanol–water partition coefficient (Wildman–Crippen LogP) is 3.91. The van der Waals surface area contributed by atoms with Crippen LogP contribution in [0.5, 0.6) is 0 Å². The Kier molecular flexibility index (Phi) is 4.41. The van der Waals surface area contributed by atoms with Crippen LogP contribution in [0.15, 0.2) is 42.5 Å². The summed E-state index contributed by atoms with van der Waals surface area (Å²) in [7, 11) is 0. The van der Waals surface area contributed by atoms with Crippen molar-refractivity contribution in [3.63, 3.8) is 0 Å². The van der Waals surface area contributed by atoms with Crippen LogP contribution in [0, 0.1) is 17.8 Å². The number of nitrogens with one attached hydrogen (secondary N) is 1. The van der Waals surface area contributed by atoms with E-state index in [-0.39, 0.29) is 5.92 Å². The van der Waals surface area contributed by atoms with Gasteiger partial charge in [-0.1, -0.05) is 37.3 Å². The molecule has 1 N–H and O–H groups in total. The number of Topliss-reactive ketones (excluding diaryl/α,β-unsaturated/α-hetero) is 1. The molecule has 0 heterocycles. The molecule has 2 heteroatoms. The molecule has 0 spiro atoms. The summed E-state index contributed by atoms with van der Waals surface area (Å²) in [6.07, 6.45) is 1.75. The van der Waals surface area contributed by atoms with Gasteiger partial charge in [-0.3, -0.25) is 4.79 Å². The molecule has 1 aromatic carbocycles. The van der Waals surface area contributed by atoms with Crippen molar-refractivity contribution in [3.8, 4) is 0 Å². The van der Waals surface area contributed by atoms with E-state index >= 15 is 0 Å². The summed E-state index contributed by atoms with van der Waals surface area (Å²) in [6.45, 7) is 8.98. The molecule has 3 atom stereocenters. The van der Waals surface area contributed by atoms with Crippen molar-refractivity contribution < 1.29 is 4.79 Å². The molecular weight excluding hydrogens is 234 g/mol. The van der Waals surface area contributed by atoms with Crippen molar-refractivity contribution in [2.75, 3.05) is 11.9 Å². The molecule has 1 unspecified atom stereocenters. The number of ketones is 1. The molecule has 2 nitrogen and oxygen atoms in total. The monoisotopic (exact) mass is 257 g/mol. The first-order valence-electron chi connectivity index (χ1n) is 7.05. The first-order valence-corrected chi connectivity index (χ1v) is 7.05. The Balaban J connectivity index is 1.97. The van der Waals surface area contributed by atoms with Gasteiger partial charge >= 0.3 is 0 Å². The first kappa shape index (κ1) is 13.9. The zero-order chi connectivity index (χ0) is 13.8. The van der Waals surface area contributed by atoms with Crippen molar-refractivity contribution in [2.45, 2.75) is 26.7 Å². The predicted molar refractivity (Wildman–Crippen MR) is 80.1 cm³/mol. The molecule has 0 bridgehead atoms. The maximum atomic E-state index is 12.1. The fourth-order valence-electron chi connectivity index (χ4n) is 2.79. The molecule has 1 saturated carbocycles. The van der Waals surface area contributed by atoms with E-state index in [9.17, 15) is 4.79 Å². The van der Waals surface area contributed by atoms with Crippen LogP contribution in [0.25, 0.3) is 0 Å². The summed E-state index contributed by atoms with van der Waals surface area (Å²) in [5, 5.41) is 3.44.